The van der Waals surface area contributed by atoms with E-state index in [1.165, 1.54) is 4.90 Å². The predicted molar refractivity (Wildman–Crippen MR) is 133 cm³/mol. The first-order chi connectivity index (χ1) is 15.9. The lowest BCUT2D eigenvalue weighted by atomic mass is 10.0. The Hall–Kier alpha value is -3.57. The van der Waals surface area contributed by atoms with Crippen molar-refractivity contribution in [3.05, 3.63) is 94.1 Å². The fourth-order valence-corrected chi connectivity index (χ4v) is 3.94. The van der Waals surface area contributed by atoms with Crippen molar-refractivity contribution >= 4 is 40.4 Å². The summed E-state index contributed by atoms with van der Waals surface area (Å²) in [5.41, 5.74) is 4.03. The van der Waals surface area contributed by atoms with Crippen LogP contribution in [0, 0.1) is 13.8 Å². The molecule has 0 saturated heterocycles. The number of aryl methyl sites for hydroxylation is 1. The quantitative estimate of drug-likeness (QED) is 0.430. The number of carbonyl (C=O) groups is 2. The zero-order valence-corrected chi connectivity index (χ0v) is 19.6. The lowest BCUT2D eigenvalue weighted by molar-refractivity contribution is -0.120. The van der Waals surface area contributed by atoms with Gasteiger partial charge in [-0.1, -0.05) is 54.9 Å². The first-order valence-electron chi connectivity index (χ1n) is 10.9. The van der Waals surface area contributed by atoms with E-state index in [0.717, 1.165) is 17.5 Å². The number of amides is 2. The highest BCUT2D eigenvalue weighted by Gasteiger charge is 2.40. The summed E-state index contributed by atoms with van der Waals surface area (Å²) < 4.78 is 5.67. The highest BCUT2D eigenvalue weighted by Crippen LogP contribution is 2.36. The molecule has 4 rings (SSSR count). The van der Waals surface area contributed by atoms with E-state index in [1.54, 1.807) is 30.3 Å². The molecule has 5 nitrogen and oxygen atoms in total. The lowest BCUT2D eigenvalue weighted by Gasteiger charge is -2.18. The van der Waals surface area contributed by atoms with Crippen molar-refractivity contribution in [2.24, 2.45) is 0 Å². The van der Waals surface area contributed by atoms with E-state index in [2.05, 4.69) is 5.32 Å². The minimum absolute atomic E-state index is 0.218. The van der Waals surface area contributed by atoms with Gasteiger partial charge >= 0.3 is 0 Å². The van der Waals surface area contributed by atoms with Gasteiger partial charge in [-0.3, -0.25) is 9.59 Å². The maximum Gasteiger partial charge on any atom is 0.282 e. The van der Waals surface area contributed by atoms with Gasteiger partial charge in [-0.25, -0.2) is 4.90 Å². The van der Waals surface area contributed by atoms with Gasteiger partial charge in [0, 0.05) is 10.7 Å². The van der Waals surface area contributed by atoms with Crippen LogP contribution in [0.3, 0.4) is 0 Å². The number of anilines is 2. The van der Waals surface area contributed by atoms with Crippen LogP contribution in [0.25, 0.3) is 5.57 Å². The van der Waals surface area contributed by atoms with Crippen LogP contribution in [0.5, 0.6) is 5.75 Å². The van der Waals surface area contributed by atoms with Crippen LogP contribution >= 0.6 is 11.6 Å². The summed E-state index contributed by atoms with van der Waals surface area (Å²) in [4.78, 5) is 28.4. The molecule has 3 aromatic rings. The monoisotopic (exact) mass is 460 g/mol. The standard InChI is InChI=1S/C27H25ClN2O3/c1-4-16-33-20-14-12-19(13-15-20)24-25(29-22-10-7-9-21(28)18(22)3)27(32)30(26(24)31)23-11-6-5-8-17(23)2/h5-15,29H,4,16H2,1-3H3. The van der Waals surface area contributed by atoms with Gasteiger partial charge in [0.15, 0.2) is 0 Å². The molecule has 168 valence electrons. The van der Waals surface area contributed by atoms with Crippen molar-refractivity contribution in [2.75, 3.05) is 16.8 Å². The number of carbonyl (C=O) groups excluding carboxylic acids is 2. The minimum atomic E-state index is -0.407. The Bertz CT molecular complexity index is 1250. The second-order valence-corrected chi connectivity index (χ2v) is 8.30. The second-order valence-electron chi connectivity index (χ2n) is 7.89. The second kappa shape index (κ2) is 9.51. The molecule has 0 unspecified atom stereocenters. The van der Waals surface area contributed by atoms with Crippen molar-refractivity contribution in [1.29, 1.82) is 0 Å². The summed E-state index contributed by atoms with van der Waals surface area (Å²) in [5.74, 6) is -0.0670. The number of nitrogens with zero attached hydrogens (tertiary/aromatic N) is 1. The van der Waals surface area contributed by atoms with Gasteiger partial charge in [-0.2, -0.15) is 0 Å². The lowest BCUT2D eigenvalue weighted by Crippen LogP contribution is -2.33. The Labute approximate surface area is 198 Å². The molecule has 1 N–H and O–H groups in total. The number of para-hydroxylation sites is 1. The van der Waals surface area contributed by atoms with Gasteiger partial charge in [0.1, 0.15) is 11.4 Å². The number of halogens is 1. The maximum atomic E-state index is 13.6. The smallest absolute Gasteiger partial charge is 0.282 e. The van der Waals surface area contributed by atoms with Crippen molar-refractivity contribution in [3.8, 4) is 5.75 Å². The maximum absolute atomic E-state index is 13.6. The molecule has 0 fully saturated rings. The molecule has 0 spiro atoms. The summed E-state index contributed by atoms with van der Waals surface area (Å²) in [6.45, 7) is 6.40. The Kier molecular flexibility index (Phi) is 6.52. The van der Waals surface area contributed by atoms with E-state index in [-0.39, 0.29) is 11.6 Å². The van der Waals surface area contributed by atoms with Gasteiger partial charge in [0.2, 0.25) is 0 Å². The van der Waals surface area contributed by atoms with E-state index >= 15 is 0 Å². The summed E-state index contributed by atoms with van der Waals surface area (Å²) in [6, 6.07) is 20.0. The molecule has 0 aliphatic carbocycles. The predicted octanol–water partition coefficient (Wildman–Crippen LogP) is 6.14. The van der Waals surface area contributed by atoms with E-state index in [0.29, 0.717) is 39.9 Å². The SMILES string of the molecule is CCCOc1ccc(C2=C(Nc3cccc(Cl)c3C)C(=O)N(c3ccccc3C)C2=O)cc1. The first-order valence-corrected chi connectivity index (χ1v) is 11.2. The van der Waals surface area contributed by atoms with Crippen LogP contribution in [-0.4, -0.2) is 18.4 Å². The number of nitrogens with one attached hydrogen (secondary N) is 1. The normalized spacial score (nSPS) is 13.6. The van der Waals surface area contributed by atoms with Crippen molar-refractivity contribution in [3.63, 3.8) is 0 Å². The number of imide groups is 1. The van der Waals surface area contributed by atoms with Crippen LogP contribution < -0.4 is 15.0 Å². The average molecular weight is 461 g/mol. The molecule has 1 heterocycles. The molecular weight excluding hydrogens is 436 g/mol. The van der Waals surface area contributed by atoms with Crippen LogP contribution in [0.4, 0.5) is 11.4 Å². The van der Waals surface area contributed by atoms with Crippen LogP contribution in [-0.2, 0) is 9.59 Å². The number of benzene rings is 3. The van der Waals surface area contributed by atoms with E-state index in [9.17, 15) is 9.59 Å². The molecule has 6 heteroatoms. The third kappa shape index (κ3) is 4.37. The summed E-state index contributed by atoms with van der Waals surface area (Å²) in [5, 5.41) is 3.77. The van der Waals surface area contributed by atoms with Gasteiger partial charge in [-0.05, 0) is 67.3 Å². The fraction of sp³-hybridized carbons (Fsp3) is 0.185. The Morgan fingerprint density at radius 3 is 2.33 bits per heavy atom. The zero-order valence-electron chi connectivity index (χ0n) is 18.8. The van der Waals surface area contributed by atoms with Crippen molar-refractivity contribution in [2.45, 2.75) is 27.2 Å². The van der Waals surface area contributed by atoms with Crippen LogP contribution in [0.15, 0.2) is 72.4 Å². The zero-order chi connectivity index (χ0) is 23.5. The molecule has 0 radical (unpaired) electrons. The third-order valence-corrected chi connectivity index (χ3v) is 5.99. The topological polar surface area (TPSA) is 58.6 Å². The van der Waals surface area contributed by atoms with Crippen molar-refractivity contribution < 1.29 is 14.3 Å². The Morgan fingerprint density at radius 2 is 1.64 bits per heavy atom. The summed E-state index contributed by atoms with van der Waals surface area (Å²) in [6.07, 6.45) is 0.901. The van der Waals surface area contributed by atoms with Gasteiger partial charge in [0.05, 0.1) is 17.9 Å². The van der Waals surface area contributed by atoms with E-state index in [4.69, 9.17) is 16.3 Å². The molecule has 0 atom stereocenters. The molecule has 0 saturated carbocycles. The Morgan fingerprint density at radius 1 is 0.909 bits per heavy atom. The van der Waals surface area contributed by atoms with E-state index < -0.39 is 5.91 Å². The van der Waals surface area contributed by atoms with Gasteiger partial charge in [0.25, 0.3) is 11.8 Å². The molecule has 2 amide bonds. The summed E-state index contributed by atoms with van der Waals surface area (Å²) >= 11 is 6.29. The largest absolute Gasteiger partial charge is 0.494 e. The van der Waals surface area contributed by atoms with Crippen LogP contribution in [0.1, 0.15) is 30.0 Å². The Balaban J connectivity index is 1.81. The highest BCUT2D eigenvalue weighted by atomic mass is 35.5. The average Bonchev–Trinajstić information content (AvgIpc) is 3.05. The molecule has 0 aromatic heterocycles. The van der Waals surface area contributed by atoms with Gasteiger partial charge in [-0.15, -0.1) is 0 Å². The third-order valence-electron chi connectivity index (χ3n) is 5.58. The molecule has 1 aliphatic heterocycles. The summed E-state index contributed by atoms with van der Waals surface area (Å²) in [7, 11) is 0. The molecule has 0 bridgehead atoms. The molecule has 1 aliphatic rings. The number of rotatable bonds is 7. The van der Waals surface area contributed by atoms with Crippen LogP contribution in [0.2, 0.25) is 5.02 Å². The molecular formula is C27H25ClN2O3. The number of ether oxygens (including phenoxy) is 1. The molecule has 3 aromatic carbocycles. The molecule has 33 heavy (non-hydrogen) atoms. The highest BCUT2D eigenvalue weighted by molar-refractivity contribution is 6.46. The first kappa shape index (κ1) is 22.6. The minimum Gasteiger partial charge on any atom is -0.494 e. The fourth-order valence-electron chi connectivity index (χ4n) is 3.76. The number of hydrogen-bond donors (Lipinski definition) is 1. The van der Waals surface area contributed by atoms with E-state index in [1.807, 2.05) is 57.2 Å². The van der Waals surface area contributed by atoms with Gasteiger partial charge < -0.3 is 10.1 Å². The van der Waals surface area contributed by atoms with Crippen molar-refractivity contribution in [1.82, 2.24) is 0 Å². The number of hydrogen-bond acceptors (Lipinski definition) is 4.